The first-order valence-corrected chi connectivity index (χ1v) is 6.41. The third kappa shape index (κ3) is 3.56. The zero-order valence-electron chi connectivity index (χ0n) is 11.4. The fourth-order valence-electron chi connectivity index (χ4n) is 2.51. The molecular formula is C14H19ClN2O3. The van der Waals surface area contributed by atoms with Crippen LogP contribution in [0.1, 0.15) is 24.3 Å². The van der Waals surface area contributed by atoms with Gasteiger partial charge in [0.2, 0.25) is 6.29 Å². The molecule has 0 aromatic heterocycles. The summed E-state index contributed by atoms with van der Waals surface area (Å²) in [6, 6.07) is 7.59. The predicted molar refractivity (Wildman–Crippen MR) is 79.1 cm³/mol. The molecule has 0 spiro atoms. The summed E-state index contributed by atoms with van der Waals surface area (Å²) in [5, 5.41) is 4.37. The van der Waals surface area contributed by atoms with Gasteiger partial charge in [0.05, 0.1) is 12.8 Å². The van der Waals surface area contributed by atoms with Crippen LogP contribution in [0.2, 0.25) is 0 Å². The van der Waals surface area contributed by atoms with Crippen molar-refractivity contribution in [1.82, 2.24) is 5.32 Å². The first-order valence-electron chi connectivity index (χ1n) is 6.41. The molecule has 0 bridgehead atoms. The second-order valence-electron chi connectivity index (χ2n) is 4.52. The number of carbonyl (C=O) groups is 2. The van der Waals surface area contributed by atoms with Crippen molar-refractivity contribution in [2.75, 3.05) is 25.3 Å². The van der Waals surface area contributed by atoms with Gasteiger partial charge in [0.25, 0.3) is 0 Å². The highest BCUT2D eigenvalue weighted by Gasteiger charge is 2.23. The Morgan fingerprint density at radius 1 is 1.35 bits per heavy atom. The van der Waals surface area contributed by atoms with Crippen LogP contribution in [-0.2, 0) is 14.4 Å². The number of aldehydes is 1. The molecule has 1 aromatic carbocycles. The number of hydroxylamine groups is 1. The van der Waals surface area contributed by atoms with Crippen molar-refractivity contribution in [2.45, 2.75) is 18.8 Å². The number of amides is 1. The topological polar surface area (TPSA) is 58.6 Å². The number of piperidine rings is 1. The van der Waals surface area contributed by atoms with Crippen molar-refractivity contribution < 1.29 is 14.4 Å². The number of nitrogens with zero attached hydrogens (tertiary/aromatic N) is 1. The highest BCUT2D eigenvalue weighted by atomic mass is 35.5. The van der Waals surface area contributed by atoms with Crippen LogP contribution in [0.15, 0.2) is 24.3 Å². The summed E-state index contributed by atoms with van der Waals surface area (Å²) in [6.07, 6.45) is 2.30. The van der Waals surface area contributed by atoms with E-state index in [0.717, 1.165) is 36.6 Å². The first-order chi connectivity index (χ1) is 9.27. The van der Waals surface area contributed by atoms with Crippen molar-refractivity contribution in [3.05, 3.63) is 29.8 Å². The third-order valence-corrected chi connectivity index (χ3v) is 3.42. The average Bonchev–Trinajstić information content (AvgIpc) is 2.49. The lowest BCUT2D eigenvalue weighted by Gasteiger charge is -2.27. The maximum atomic E-state index is 11.6. The molecule has 0 unspecified atom stereocenters. The van der Waals surface area contributed by atoms with Gasteiger partial charge in [0.1, 0.15) is 0 Å². The molecule has 1 heterocycles. The summed E-state index contributed by atoms with van der Waals surface area (Å²) in [5.41, 5.74) is 1.72. The maximum Gasteiger partial charge on any atom is 0.314 e. The standard InChI is InChI=1S/C14H18N2O3.ClH/c1-19-16(14(18)10-17)13-5-3-2-4-12(13)11-6-8-15-9-7-11;/h2-5,10-11,15H,6-9H2,1H3;1H. The Hall–Kier alpha value is -1.43. The average molecular weight is 299 g/mol. The molecule has 0 saturated carbocycles. The number of nitrogens with one attached hydrogen (secondary N) is 1. The Kier molecular flexibility index (Phi) is 6.64. The van der Waals surface area contributed by atoms with Gasteiger partial charge < -0.3 is 5.32 Å². The summed E-state index contributed by atoms with van der Waals surface area (Å²) in [7, 11) is 1.39. The lowest BCUT2D eigenvalue weighted by atomic mass is 9.89. The van der Waals surface area contributed by atoms with Gasteiger partial charge in [0.15, 0.2) is 0 Å². The number of para-hydroxylation sites is 1. The molecule has 0 radical (unpaired) electrons. The highest BCUT2D eigenvalue weighted by molar-refractivity contribution is 6.29. The zero-order valence-corrected chi connectivity index (χ0v) is 12.2. The molecule has 0 atom stereocenters. The van der Waals surface area contributed by atoms with E-state index >= 15 is 0 Å². The van der Waals surface area contributed by atoms with Gasteiger partial charge in [-0.1, -0.05) is 18.2 Å². The molecule has 6 heteroatoms. The van der Waals surface area contributed by atoms with Crippen LogP contribution in [0.3, 0.4) is 0 Å². The minimum Gasteiger partial charge on any atom is -0.317 e. The van der Waals surface area contributed by atoms with E-state index in [-0.39, 0.29) is 18.7 Å². The molecule has 110 valence electrons. The number of benzene rings is 1. The van der Waals surface area contributed by atoms with E-state index in [1.54, 1.807) is 0 Å². The van der Waals surface area contributed by atoms with Gasteiger partial charge in [-0.25, -0.2) is 0 Å². The summed E-state index contributed by atoms with van der Waals surface area (Å²) >= 11 is 0. The second-order valence-corrected chi connectivity index (χ2v) is 4.52. The van der Waals surface area contributed by atoms with Crippen molar-refractivity contribution in [3.63, 3.8) is 0 Å². The van der Waals surface area contributed by atoms with Crippen molar-refractivity contribution in [3.8, 4) is 0 Å². The van der Waals surface area contributed by atoms with Gasteiger partial charge in [-0.2, -0.15) is 5.06 Å². The minimum atomic E-state index is -0.691. The van der Waals surface area contributed by atoms with Gasteiger partial charge >= 0.3 is 5.91 Å². The number of hydrogen-bond donors (Lipinski definition) is 1. The van der Waals surface area contributed by atoms with E-state index in [9.17, 15) is 9.59 Å². The van der Waals surface area contributed by atoms with Gasteiger partial charge in [-0.05, 0) is 43.5 Å². The second kappa shape index (κ2) is 7.99. The molecule has 5 nitrogen and oxygen atoms in total. The van der Waals surface area contributed by atoms with E-state index in [2.05, 4.69) is 5.32 Å². The Bertz CT molecular complexity index is 461. The summed E-state index contributed by atoms with van der Waals surface area (Å²) in [6.45, 7) is 1.93. The SMILES string of the molecule is CON(C(=O)C=O)c1ccccc1C1CCNCC1.Cl. The quantitative estimate of drug-likeness (QED) is 0.522. The van der Waals surface area contributed by atoms with Gasteiger partial charge in [0, 0.05) is 0 Å². The number of hydrogen-bond acceptors (Lipinski definition) is 4. The van der Waals surface area contributed by atoms with Crippen molar-refractivity contribution in [2.24, 2.45) is 0 Å². The third-order valence-electron chi connectivity index (χ3n) is 3.42. The maximum absolute atomic E-state index is 11.6. The van der Waals surface area contributed by atoms with E-state index in [1.807, 2.05) is 24.3 Å². The summed E-state index contributed by atoms with van der Waals surface area (Å²) < 4.78 is 0. The summed E-state index contributed by atoms with van der Waals surface area (Å²) in [5.74, 6) is -0.307. The lowest BCUT2D eigenvalue weighted by Crippen LogP contribution is -2.33. The fourth-order valence-corrected chi connectivity index (χ4v) is 2.51. The lowest BCUT2D eigenvalue weighted by molar-refractivity contribution is -0.133. The van der Waals surface area contributed by atoms with Crippen LogP contribution in [0.4, 0.5) is 5.69 Å². The fraction of sp³-hybridized carbons (Fsp3) is 0.429. The predicted octanol–water partition coefficient (Wildman–Crippen LogP) is 1.67. The van der Waals surface area contributed by atoms with Crippen LogP contribution in [0.25, 0.3) is 0 Å². The van der Waals surface area contributed by atoms with Crippen molar-refractivity contribution in [1.29, 1.82) is 0 Å². The Labute approximate surface area is 124 Å². The minimum absolute atomic E-state index is 0. The normalized spacial score (nSPS) is 15.2. The van der Waals surface area contributed by atoms with Crippen LogP contribution in [0.5, 0.6) is 0 Å². The number of anilines is 1. The molecule has 20 heavy (non-hydrogen) atoms. The van der Waals surface area contributed by atoms with Crippen LogP contribution < -0.4 is 10.4 Å². The van der Waals surface area contributed by atoms with Crippen molar-refractivity contribution >= 4 is 30.3 Å². The van der Waals surface area contributed by atoms with Crippen LogP contribution >= 0.6 is 12.4 Å². The Morgan fingerprint density at radius 3 is 2.60 bits per heavy atom. The largest absolute Gasteiger partial charge is 0.317 e. The molecule has 1 saturated heterocycles. The van der Waals surface area contributed by atoms with Crippen LogP contribution in [0, 0.1) is 0 Å². The van der Waals surface area contributed by atoms with Crippen LogP contribution in [-0.4, -0.2) is 32.4 Å². The van der Waals surface area contributed by atoms with E-state index in [1.165, 1.54) is 7.11 Å². The molecule has 1 fully saturated rings. The Balaban J connectivity index is 0.00000200. The molecule has 0 aliphatic carbocycles. The number of halogens is 1. The Morgan fingerprint density at radius 2 is 2.00 bits per heavy atom. The van der Waals surface area contributed by atoms with E-state index < -0.39 is 5.91 Å². The summed E-state index contributed by atoms with van der Waals surface area (Å²) in [4.78, 5) is 27.3. The smallest absolute Gasteiger partial charge is 0.314 e. The molecule has 2 rings (SSSR count). The molecule has 1 aromatic rings. The number of rotatable bonds is 4. The molecule has 1 aliphatic rings. The first kappa shape index (κ1) is 16.6. The van der Waals surface area contributed by atoms with Gasteiger partial charge in [-0.3, -0.25) is 14.4 Å². The van der Waals surface area contributed by atoms with E-state index in [4.69, 9.17) is 4.84 Å². The van der Waals surface area contributed by atoms with E-state index in [0.29, 0.717) is 11.6 Å². The molecule has 1 aliphatic heterocycles. The monoisotopic (exact) mass is 298 g/mol. The molecule has 1 N–H and O–H groups in total. The zero-order chi connectivity index (χ0) is 13.7. The van der Waals surface area contributed by atoms with Gasteiger partial charge in [-0.15, -0.1) is 12.4 Å². The highest BCUT2D eigenvalue weighted by Crippen LogP contribution is 2.33. The number of carbonyl (C=O) groups excluding carboxylic acids is 2. The molecule has 1 amide bonds. The molecular weight excluding hydrogens is 280 g/mol.